The number of nitrogens with one attached hydrogen (secondary N) is 1. The molecule has 0 saturated carbocycles. The van der Waals surface area contributed by atoms with Crippen molar-refractivity contribution in [3.05, 3.63) is 93.7 Å². The molecule has 1 saturated heterocycles. The minimum absolute atomic E-state index is 0.138. The van der Waals surface area contributed by atoms with Crippen LogP contribution in [-0.4, -0.2) is 69.7 Å². The number of carbonyl (C=O) groups is 4. The van der Waals surface area contributed by atoms with Crippen LogP contribution in [0.25, 0.3) is 0 Å². The summed E-state index contributed by atoms with van der Waals surface area (Å²) in [5.41, 5.74) is 0.00125. The average molecular weight is 598 g/mol. The predicted molar refractivity (Wildman–Crippen MR) is 151 cm³/mol. The van der Waals surface area contributed by atoms with E-state index in [9.17, 15) is 33.5 Å². The molecule has 1 N–H and O–H groups in total. The summed E-state index contributed by atoms with van der Waals surface area (Å²) in [6.45, 7) is 4.98. The Balaban J connectivity index is 1.55. The molecule has 2 unspecified atom stereocenters. The predicted octanol–water partition coefficient (Wildman–Crippen LogP) is 2.46. The number of allylic oxidation sites excluding steroid dienone is 2. The Labute approximate surface area is 238 Å². The standard InChI is InChI=1S/C27H27N3O9SSi/c1-41(2,3)39-27(34)24-18(11-14-21(31)17-9-12-19(13-10-17)30(35)36)16-40(37)26-23(25(33)29(24)26)28-22(32)15-38-20-7-5-4-6-8-20/h4-14,23,26H,15-16H2,1-3H3,(H,28,32)/t23?,26-,40?/m0/s1. The number of non-ortho nitro benzene ring substituents is 1. The largest absolute Gasteiger partial charge is 0.515 e. The number of benzene rings is 2. The van der Waals surface area contributed by atoms with E-state index in [1.54, 1.807) is 50.0 Å². The third kappa shape index (κ3) is 6.84. The molecular weight excluding hydrogens is 570 g/mol. The maximum Gasteiger partial charge on any atom is 0.342 e. The lowest BCUT2D eigenvalue weighted by atomic mass is 10.0. The molecule has 0 spiro atoms. The highest BCUT2D eigenvalue weighted by Gasteiger charge is 2.57. The third-order valence-corrected chi connectivity index (χ3v) is 8.39. The van der Waals surface area contributed by atoms with Crippen LogP contribution < -0.4 is 10.1 Å². The highest BCUT2D eigenvalue weighted by molar-refractivity contribution is 7.86. The van der Waals surface area contributed by atoms with Crippen LogP contribution in [0.15, 0.2) is 78.0 Å². The number of rotatable bonds is 10. The summed E-state index contributed by atoms with van der Waals surface area (Å²) < 4.78 is 24.3. The first kappa shape index (κ1) is 29.5. The molecule has 2 aromatic rings. The lowest BCUT2D eigenvalue weighted by molar-refractivity contribution is -0.384. The van der Waals surface area contributed by atoms with Gasteiger partial charge in [-0.1, -0.05) is 24.3 Å². The van der Waals surface area contributed by atoms with Crippen molar-refractivity contribution in [2.75, 3.05) is 12.4 Å². The van der Waals surface area contributed by atoms with Crippen molar-refractivity contribution >= 4 is 48.4 Å². The van der Waals surface area contributed by atoms with Gasteiger partial charge >= 0.3 is 5.97 Å². The molecule has 2 aliphatic rings. The van der Waals surface area contributed by atoms with Gasteiger partial charge in [-0.25, -0.2) is 4.79 Å². The first-order valence-electron chi connectivity index (χ1n) is 12.5. The number of nitro benzene ring substituents is 1. The van der Waals surface area contributed by atoms with E-state index in [0.29, 0.717) is 5.75 Å². The van der Waals surface area contributed by atoms with Crippen LogP contribution in [0.5, 0.6) is 5.75 Å². The van der Waals surface area contributed by atoms with Crippen molar-refractivity contribution in [3.63, 3.8) is 0 Å². The van der Waals surface area contributed by atoms with Gasteiger partial charge in [-0.05, 0) is 55.6 Å². The van der Waals surface area contributed by atoms with Crippen LogP contribution in [-0.2, 0) is 29.6 Å². The van der Waals surface area contributed by atoms with Crippen molar-refractivity contribution in [3.8, 4) is 5.75 Å². The summed E-state index contributed by atoms with van der Waals surface area (Å²) in [5.74, 6) is -2.27. The molecule has 1 fully saturated rings. The van der Waals surface area contributed by atoms with E-state index >= 15 is 0 Å². The summed E-state index contributed by atoms with van der Waals surface area (Å²) in [6.07, 6.45) is 2.44. The molecule has 4 rings (SSSR count). The number of carbonyl (C=O) groups excluding carboxylic acids is 4. The molecule has 0 bridgehead atoms. The summed E-state index contributed by atoms with van der Waals surface area (Å²) in [6, 6.07) is 12.4. The monoisotopic (exact) mass is 597 g/mol. The van der Waals surface area contributed by atoms with Crippen molar-refractivity contribution in [2.45, 2.75) is 31.1 Å². The van der Waals surface area contributed by atoms with Crippen LogP contribution in [0, 0.1) is 10.1 Å². The van der Waals surface area contributed by atoms with Gasteiger partial charge in [0.25, 0.3) is 17.5 Å². The molecule has 3 atom stereocenters. The maximum absolute atomic E-state index is 13.2. The first-order valence-corrected chi connectivity index (χ1v) is 17.3. The Morgan fingerprint density at radius 1 is 1.12 bits per heavy atom. The van der Waals surface area contributed by atoms with Gasteiger partial charge in [0.2, 0.25) is 8.32 Å². The molecule has 214 valence electrons. The van der Waals surface area contributed by atoms with Crippen molar-refractivity contribution in [1.29, 1.82) is 0 Å². The molecule has 2 aromatic carbocycles. The van der Waals surface area contributed by atoms with Crippen LogP contribution >= 0.6 is 0 Å². The second-order valence-corrected chi connectivity index (χ2v) is 16.1. The molecular formula is C27H27N3O9SSi. The van der Waals surface area contributed by atoms with Gasteiger partial charge in [-0.2, -0.15) is 0 Å². The number of amides is 2. The van der Waals surface area contributed by atoms with E-state index in [2.05, 4.69) is 5.32 Å². The maximum atomic E-state index is 13.2. The van der Waals surface area contributed by atoms with Crippen LogP contribution in [0.1, 0.15) is 10.4 Å². The Hall–Kier alpha value is -4.43. The van der Waals surface area contributed by atoms with Gasteiger partial charge in [0, 0.05) is 17.7 Å². The van der Waals surface area contributed by atoms with E-state index < -0.39 is 59.0 Å². The lowest BCUT2D eigenvalue weighted by Gasteiger charge is -2.49. The van der Waals surface area contributed by atoms with Gasteiger partial charge in [-0.3, -0.25) is 33.6 Å². The fourth-order valence-electron chi connectivity index (χ4n) is 4.15. The number of ether oxygens (including phenoxy) is 1. The second kappa shape index (κ2) is 12.0. The SMILES string of the molecule is C[Si](C)(C)OC(=O)C1=C(C=CC(=O)c2ccc([N+](=O)[O-])cc2)CS(=O)[C@H]2C(NC(=O)COc3ccccc3)C(=O)N12. The fraction of sp³-hybridized carbons (Fsp3) is 0.259. The zero-order chi connectivity index (χ0) is 29.9. The molecule has 12 nitrogen and oxygen atoms in total. The molecule has 0 radical (unpaired) electrons. The number of nitro groups is 1. The van der Waals surface area contributed by atoms with E-state index in [-0.39, 0.29) is 34.9 Å². The minimum atomic E-state index is -2.43. The highest BCUT2D eigenvalue weighted by Crippen LogP contribution is 2.36. The van der Waals surface area contributed by atoms with Crippen molar-refractivity contribution in [1.82, 2.24) is 10.2 Å². The minimum Gasteiger partial charge on any atom is -0.515 e. The van der Waals surface area contributed by atoms with Gasteiger partial charge in [0.05, 0.1) is 21.5 Å². The summed E-state index contributed by atoms with van der Waals surface area (Å²) in [7, 11) is -4.16. The van der Waals surface area contributed by atoms with Crippen LogP contribution in [0.3, 0.4) is 0 Å². The molecule has 2 amide bonds. The molecule has 14 heteroatoms. The van der Waals surface area contributed by atoms with Gasteiger partial charge in [0.15, 0.2) is 12.4 Å². The van der Waals surface area contributed by atoms with Crippen LogP contribution in [0.2, 0.25) is 19.6 Å². The Kier molecular flexibility index (Phi) is 8.63. The number of fused-ring (bicyclic) bond motifs is 1. The van der Waals surface area contributed by atoms with E-state index in [4.69, 9.17) is 9.16 Å². The van der Waals surface area contributed by atoms with Crippen molar-refractivity contribution < 1.29 is 37.5 Å². The number of β-lactam (4-membered cyclic amide) rings is 1. The van der Waals surface area contributed by atoms with Gasteiger partial charge < -0.3 is 14.5 Å². The number of hydrogen-bond acceptors (Lipinski definition) is 9. The lowest BCUT2D eigenvalue weighted by Crippen LogP contribution is -2.74. The number of ketones is 1. The van der Waals surface area contributed by atoms with E-state index in [1.165, 1.54) is 30.3 Å². The highest BCUT2D eigenvalue weighted by atomic mass is 32.2. The zero-order valence-corrected chi connectivity index (χ0v) is 24.2. The molecule has 2 heterocycles. The summed E-state index contributed by atoms with van der Waals surface area (Å²) in [5, 5.41) is 12.4. The second-order valence-electron chi connectivity index (χ2n) is 10.1. The third-order valence-electron chi connectivity index (χ3n) is 5.98. The van der Waals surface area contributed by atoms with Crippen LogP contribution in [0.4, 0.5) is 5.69 Å². The zero-order valence-electron chi connectivity index (χ0n) is 22.4. The number of hydrogen-bond donors (Lipinski definition) is 1. The summed E-state index contributed by atoms with van der Waals surface area (Å²) >= 11 is 0. The average Bonchev–Trinajstić information content (AvgIpc) is 2.92. The van der Waals surface area contributed by atoms with E-state index in [1.807, 2.05) is 0 Å². The quantitative estimate of drug-likeness (QED) is 0.108. The van der Waals surface area contributed by atoms with E-state index in [0.717, 1.165) is 11.0 Å². The number of nitrogens with zero attached hydrogens (tertiary/aromatic N) is 2. The topological polar surface area (TPSA) is 162 Å². The molecule has 2 aliphatic heterocycles. The van der Waals surface area contributed by atoms with Gasteiger partial charge in [0.1, 0.15) is 22.9 Å². The Bertz CT molecular complexity index is 1480. The summed E-state index contributed by atoms with van der Waals surface area (Å²) in [4.78, 5) is 63.0. The molecule has 0 aliphatic carbocycles. The smallest absolute Gasteiger partial charge is 0.342 e. The molecule has 41 heavy (non-hydrogen) atoms. The fourth-order valence-corrected chi connectivity index (χ4v) is 6.44. The van der Waals surface area contributed by atoms with Gasteiger partial charge in [-0.15, -0.1) is 0 Å². The van der Waals surface area contributed by atoms with Crippen molar-refractivity contribution in [2.24, 2.45) is 0 Å². The number of para-hydroxylation sites is 1. The Morgan fingerprint density at radius 3 is 2.39 bits per heavy atom. The first-order chi connectivity index (χ1) is 19.4. The normalized spacial score (nSPS) is 20.2. The Morgan fingerprint density at radius 2 is 1.78 bits per heavy atom. The molecule has 0 aromatic heterocycles.